The maximum Gasteiger partial charge on any atom is 0.573 e. The number of benzene rings is 1. The molecule has 1 N–H and O–H groups in total. The molecule has 0 bridgehead atoms. The summed E-state index contributed by atoms with van der Waals surface area (Å²) < 4.78 is 45.5. The molecule has 1 heterocycles. The third-order valence-corrected chi connectivity index (χ3v) is 3.14. The van der Waals surface area contributed by atoms with Gasteiger partial charge in [-0.25, -0.2) is 0 Å². The summed E-state index contributed by atoms with van der Waals surface area (Å²) in [6, 6.07) is 4.95. The van der Waals surface area contributed by atoms with Crippen LogP contribution in [0.15, 0.2) is 24.3 Å². The Balaban J connectivity index is 2.16. The van der Waals surface area contributed by atoms with Crippen LogP contribution in [-0.2, 0) is 4.74 Å². The molecule has 0 saturated carbocycles. The molecule has 4 nitrogen and oxygen atoms in total. The molecule has 2 atom stereocenters. The third-order valence-electron chi connectivity index (χ3n) is 3.14. The Kier molecular flexibility index (Phi) is 4.29. The Morgan fingerprint density at radius 1 is 1.40 bits per heavy atom. The lowest BCUT2D eigenvalue weighted by Gasteiger charge is -2.16. The van der Waals surface area contributed by atoms with E-state index in [0.717, 1.165) is 12.1 Å². The maximum atomic E-state index is 12.3. The molecule has 1 aliphatic rings. The van der Waals surface area contributed by atoms with Crippen LogP contribution in [0.25, 0.3) is 0 Å². The van der Waals surface area contributed by atoms with Gasteiger partial charge in [-0.3, -0.25) is 4.79 Å². The van der Waals surface area contributed by atoms with Crippen LogP contribution >= 0.6 is 0 Å². The van der Waals surface area contributed by atoms with E-state index in [0.29, 0.717) is 6.61 Å². The lowest BCUT2D eigenvalue weighted by Crippen LogP contribution is -2.37. The highest BCUT2D eigenvalue weighted by Crippen LogP contribution is 2.25. The predicted octanol–water partition coefficient (Wildman–Crippen LogP) is 2.00. The van der Waals surface area contributed by atoms with E-state index in [-0.39, 0.29) is 24.0 Å². The van der Waals surface area contributed by atoms with Crippen LogP contribution in [0.1, 0.15) is 10.4 Å². The number of ether oxygens (including phenoxy) is 2. The molecular weight excluding hydrogens is 275 g/mol. The predicted molar refractivity (Wildman–Crippen MR) is 64.6 cm³/mol. The van der Waals surface area contributed by atoms with E-state index in [1.807, 2.05) is 0 Å². The Labute approximate surface area is 113 Å². The number of rotatable bonds is 4. The molecule has 20 heavy (non-hydrogen) atoms. The van der Waals surface area contributed by atoms with E-state index in [9.17, 15) is 18.0 Å². The number of ketones is 1. The number of Topliss-reactive ketones (excluding diaryl/α,β-unsaturated/α-hetero) is 1. The van der Waals surface area contributed by atoms with Gasteiger partial charge in [-0.2, -0.15) is 0 Å². The number of alkyl halides is 3. The first-order chi connectivity index (χ1) is 9.40. The zero-order chi connectivity index (χ0) is 14.8. The van der Waals surface area contributed by atoms with E-state index in [2.05, 4.69) is 10.1 Å². The van der Waals surface area contributed by atoms with Crippen LogP contribution < -0.4 is 10.1 Å². The highest BCUT2D eigenvalue weighted by molar-refractivity contribution is 5.98. The van der Waals surface area contributed by atoms with Gasteiger partial charge in [0.15, 0.2) is 5.78 Å². The van der Waals surface area contributed by atoms with Gasteiger partial charge in [0, 0.05) is 11.6 Å². The van der Waals surface area contributed by atoms with Crippen LogP contribution in [-0.4, -0.2) is 38.4 Å². The Morgan fingerprint density at radius 3 is 2.80 bits per heavy atom. The molecule has 1 fully saturated rings. The lowest BCUT2D eigenvalue weighted by atomic mass is 9.93. The van der Waals surface area contributed by atoms with Crippen LogP contribution in [0.3, 0.4) is 0 Å². The summed E-state index contributed by atoms with van der Waals surface area (Å²) in [5.41, 5.74) is 0.183. The number of nitrogens with one attached hydrogen (secondary N) is 1. The molecular formula is C13H14F3NO3. The van der Waals surface area contributed by atoms with Gasteiger partial charge < -0.3 is 14.8 Å². The van der Waals surface area contributed by atoms with Crippen molar-refractivity contribution in [3.05, 3.63) is 29.8 Å². The van der Waals surface area contributed by atoms with E-state index < -0.39 is 18.0 Å². The quantitative estimate of drug-likeness (QED) is 0.861. The second kappa shape index (κ2) is 5.80. The van der Waals surface area contributed by atoms with Gasteiger partial charge in [0.25, 0.3) is 0 Å². The van der Waals surface area contributed by atoms with E-state index in [4.69, 9.17) is 4.74 Å². The van der Waals surface area contributed by atoms with Gasteiger partial charge in [-0.05, 0) is 19.2 Å². The van der Waals surface area contributed by atoms with Crippen molar-refractivity contribution in [1.82, 2.24) is 5.32 Å². The molecule has 1 saturated heterocycles. The first kappa shape index (κ1) is 14.8. The second-order valence-corrected chi connectivity index (χ2v) is 4.48. The monoisotopic (exact) mass is 289 g/mol. The smallest absolute Gasteiger partial charge is 0.406 e. The summed E-state index contributed by atoms with van der Waals surface area (Å²) in [4.78, 5) is 12.3. The molecule has 7 heteroatoms. The largest absolute Gasteiger partial charge is 0.573 e. The number of hydrogen-bond donors (Lipinski definition) is 1. The molecule has 1 aliphatic heterocycles. The van der Waals surface area contributed by atoms with Gasteiger partial charge in [-0.1, -0.05) is 12.1 Å². The van der Waals surface area contributed by atoms with Crippen molar-refractivity contribution in [3.8, 4) is 5.75 Å². The minimum Gasteiger partial charge on any atom is -0.406 e. The fraction of sp³-hybridized carbons (Fsp3) is 0.462. The lowest BCUT2D eigenvalue weighted by molar-refractivity contribution is -0.274. The summed E-state index contributed by atoms with van der Waals surface area (Å²) in [7, 11) is 1.71. The van der Waals surface area contributed by atoms with Crippen LogP contribution in [0.2, 0.25) is 0 Å². The summed E-state index contributed by atoms with van der Waals surface area (Å²) in [6.45, 7) is 0.667. The topological polar surface area (TPSA) is 47.6 Å². The minimum absolute atomic E-state index is 0.130. The molecule has 0 aromatic heterocycles. The van der Waals surface area contributed by atoms with Crippen LogP contribution in [0.4, 0.5) is 13.2 Å². The Hall–Kier alpha value is -1.60. The molecule has 2 unspecified atom stereocenters. The minimum atomic E-state index is -4.77. The van der Waals surface area contributed by atoms with Crippen molar-refractivity contribution in [3.63, 3.8) is 0 Å². The Bertz CT molecular complexity index is 490. The highest BCUT2D eigenvalue weighted by atomic mass is 19.4. The molecule has 0 aliphatic carbocycles. The molecule has 0 amide bonds. The molecule has 110 valence electrons. The first-order valence-corrected chi connectivity index (χ1v) is 6.06. The van der Waals surface area contributed by atoms with Crippen molar-refractivity contribution in [2.45, 2.75) is 12.4 Å². The van der Waals surface area contributed by atoms with E-state index >= 15 is 0 Å². The van der Waals surface area contributed by atoms with Gasteiger partial charge in [0.2, 0.25) is 0 Å². The fourth-order valence-corrected chi connectivity index (χ4v) is 2.16. The highest BCUT2D eigenvalue weighted by Gasteiger charge is 2.34. The average Bonchev–Trinajstić information content (AvgIpc) is 2.84. The van der Waals surface area contributed by atoms with Gasteiger partial charge in [-0.15, -0.1) is 13.2 Å². The van der Waals surface area contributed by atoms with E-state index in [1.165, 1.54) is 12.1 Å². The SMILES string of the molecule is CNC1COCC1C(=O)c1cccc(OC(F)(F)F)c1. The van der Waals surface area contributed by atoms with Crippen molar-refractivity contribution in [2.75, 3.05) is 20.3 Å². The zero-order valence-electron chi connectivity index (χ0n) is 10.7. The Morgan fingerprint density at radius 2 is 2.15 bits per heavy atom. The standard InChI is InChI=1S/C13H14F3NO3/c1-17-11-7-19-6-10(11)12(18)8-3-2-4-9(5-8)20-13(14,15)16/h2-5,10-11,17H,6-7H2,1H3. The summed E-state index contributed by atoms with van der Waals surface area (Å²) in [6.07, 6.45) is -4.77. The zero-order valence-corrected chi connectivity index (χ0v) is 10.7. The molecule has 0 radical (unpaired) electrons. The van der Waals surface area contributed by atoms with Crippen LogP contribution in [0.5, 0.6) is 5.75 Å². The third kappa shape index (κ3) is 3.49. The summed E-state index contributed by atoms with van der Waals surface area (Å²) >= 11 is 0. The first-order valence-electron chi connectivity index (χ1n) is 6.06. The number of carbonyl (C=O) groups excluding carboxylic acids is 1. The molecule has 0 spiro atoms. The fourth-order valence-electron chi connectivity index (χ4n) is 2.16. The second-order valence-electron chi connectivity index (χ2n) is 4.48. The van der Waals surface area contributed by atoms with Gasteiger partial charge >= 0.3 is 6.36 Å². The summed E-state index contributed by atoms with van der Waals surface area (Å²) in [5.74, 6) is -1.06. The number of halogens is 3. The van der Waals surface area contributed by atoms with E-state index in [1.54, 1.807) is 7.05 Å². The van der Waals surface area contributed by atoms with Crippen molar-refractivity contribution >= 4 is 5.78 Å². The summed E-state index contributed by atoms with van der Waals surface area (Å²) in [5, 5.41) is 2.96. The average molecular weight is 289 g/mol. The van der Waals surface area contributed by atoms with Gasteiger partial charge in [0.05, 0.1) is 19.1 Å². The number of likely N-dealkylation sites (N-methyl/N-ethyl adjacent to an activating group) is 1. The van der Waals surface area contributed by atoms with Crippen molar-refractivity contribution in [1.29, 1.82) is 0 Å². The van der Waals surface area contributed by atoms with Crippen molar-refractivity contribution in [2.24, 2.45) is 5.92 Å². The number of carbonyl (C=O) groups is 1. The molecule has 1 aromatic rings. The van der Waals surface area contributed by atoms with Gasteiger partial charge in [0.1, 0.15) is 5.75 Å². The maximum absolute atomic E-state index is 12.3. The van der Waals surface area contributed by atoms with Crippen molar-refractivity contribution < 1.29 is 27.4 Å². The molecule has 2 rings (SSSR count). The number of hydrogen-bond acceptors (Lipinski definition) is 4. The molecule has 1 aromatic carbocycles. The normalized spacial score (nSPS) is 22.8. The van der Waals surface area contributed by atoms with Crippen LogP contribution in [0, 0.1) is 5.92 Å².